The summed E-state index contributed by atoms with van der Waals surface area (Å²) in [7, 11) is 0. The van der Waals surface area contributed by atoms with Crippen LogP contribution in [0.25, 0.3) is 0 Å². The summed E-state index contributed by atoms with van der Waals surface area (Å²) in [5.41, 5.74) is 5.85. The lowest BCUT2D eigenvalue weighted by Gasteiger charge is -2.07. The molecule has 0 aliphatic heterocycles. The Labute approximate surface area is 105 Å². The molecule has 0 aliphatic rings. The van der Waals surface area contributed by atoms with Gasteiger partial charge in [0.25, 0.3) is 5.91 Å². The summed E-state index contributed by atoms with van der Waals surface area (Å²) in [4.78, 5) is 12.1. The summed E-state index contributed by atoms with van der Waals surface area (Å²) in [6, 6.07) is 4.74. The third-order valence-corrected chi connectivity index (χ3v) is 2.53. The van der Waals surface area contributed by atoms with Crippen LogP contribution in [0, 0.1) is 12.7 Å². The van der Waals surface area contributed by atoms with Crippen LogP contribution in [-0.2, 0) is 0 Å². The molecular weight excluding hydrogens is 239 g/mol. The van der Waals surface area contributed by atoms with E-state index in [1.165, 1.54) is 6.07 Å². The zero-order valence-corrected chi connectivity index (χ0v) is 10.4. The fourth-order valence-corrected chi connectivity index (χ4v) is 1.53. The molecule has 0 saturated carbocycles. The molecule has 1 aromatic rings. The lowest BCUT2D eigenvalue weighted by atomic mass is 10.1. The maximum Gasteiger partial charge on any atom is 0.254 e. The van der Waals surface area contributed by atoms with Crippen LogP contribution in [0.5, 0.6) is 0 Å². The van der Waals surface area contributed by atoms with Crippen LogP contribution in [0.15, 0.2) is 18.2 Å². The lowest BCUT2D eigenvalue weighted by Crippen LogP contribution is -2.26. The molecular formula is C12H15FN2OS. The number of nitrogens with one attached hydrogen (secondary N) is 1. The van der Waals surface area contributed by atoms with Gasteiger partial charge in [-0.2, -0.15) is 0 Å². The summed E-state index contributed by atoms with van der Waals surface area (Å²) in [6.07, 6.45) is 1.24. The average Bonchev–Trinajstić information content (AvgIpc) is 2.27. The molecule has 1 rings (SSSR count). The van der Waals surface area contributed by atoms with E-state index >= 15 is 0 Å². The van der Waals surface area contributed by atoms with Crippen LogP contribution in [0.1, 0.15) is 28.8 Å². The Hall–Kier alpha value is -1.49. The number of carbonyl (C=O) groups excluding carboxylic acids is 1. The second-order valence-corrected chi connectivity index (χ2v) is 4.29. The van der Waals surface area contributed by atoms with Crippen molar-refractivity contribution in [3.63, 3.8) is 0 Å². The van der Waals surface area contributed by atoms with Gasteiger partial charge in [-0.05, 0) is 31.4 Å². The molecule has 0 fully saturated rings. The van der Waals surface area contributed by atoms with E-state index in [1.807, 2.05) is 0 Å². The van der Waals surface area contributed by atoms with Gasteiger partial charge in [0.2, 0.25) is 0 Å². The quantitative estimate of drug-likeness (QED) is 0.623. The number of hydrogen-bond acceptors (Lipinski definition) is 2. The highest BCUT2D eigenvalue weighted by atomic mass is 32.1. The standard InChI is InChI=1S/C12H15FN2OS/c1-8-4-2-5-9(11(8)13)12(16)15-7-3-6-10(14)17/h2,4-5H,3,6-7H2,1H3,(H2,14,17)(H,15,16). The molecule has 0 bridgehead atoms. The highest BCUT2D eigenvalue weighted by Gasteiger charge is 2.12. The van der Waals surface area contributed by atoms with Crippen LogP contribution >= 0.6 is 12.2 Å². The molecule has 1 amide bonds. The maximum atomic E-state index is 13.6. The zero-order valence-electron chi connectivity index (χ0n) is 9.63. The number of thiocarbonyl (C=S) groups is 1. The van der Waals surface area contributed by atoms with E-state index in [-0.39, 0.29) is 5.56 Å². The summed E-state index contributed by atoms with van der Waals surface area (Å²) >= 11 is 4.71. The minimum absolute atomic E-state index is 0.0697. The van der Waals surface area contributed by atoms with Gasteiger partial charge in [0.05, 0.1) is 10.6 Å². The zero-order chi connectivity index (χ0) is 12.8. The highest BCUT2D eigenvalue weighted by molar-refractivity contribution is 7.80. The third-order valence-electron chi connectivity index (χ3n) is 2.32. The number of halogens is 1. The normalized spacial score (nSPS) is 10.0. The van der Waals surface area contributed by atoms with Crippen LogP contribution in [0.2, 0.25) is 0 Å². The van der Waals surface area contributed by atoms with Gasteiger partial charge in [0.15, 0.2) is 0 Å². The minimum Gasteiger partial charge on any atom is -0.393 e. The summed E-state index contributed by atoms with van der Waals surface area (Å²) < 4.78 is 13.6. The third kappa shape index (κ3) is 4.11. The van der Waals surface area contributed by atoms with E-state index in [0.29, 0.717) is 29.9 Å². The van der Waals surface area contributed by atoms with Gasteiger partial charge >= 0.3 is 0 Å². The van der Waals surface area contributed by atoms with E-state index in [0.717, 1.165) is 0 Å². The Morgan fingerprint density at radius 1 is 1.53 bits per heavy atom. The number of carbonyl (C=O) groups is 1. The largest absolute Gasteiger partial charge is 0.393 e. The number of rotatable bonds is 5. The Morgan fingerprint density at radius 2 is 2.24 bits per heavy atom. The van der Waals surface area contributed by atoms with Crippen LogP contribution in [0.4, 0.5) is 4.39 Å². The molecule has 0 spiro atoms. The van der Waals surface area contributed by atoms with E-state index in [1.54, 1.807) is 19.1 Å². The van der Waals surface area contributed by atoms with Crippen molar-refractivity contribution in [2.45, 2.75) is 19.8 Å². The fraction of sp³-hybridized carbons (Fsp3) is 0.333. The fourth-order valence-electron chi connectivity index (χ4n) is 1.38. The van der Waals surface area contributed by atoms with E-state index < -0.39 is 11.7 Å². The van der Waals surface area contributed by atoms with Crippen molar-refractivity contribution in [2.24, 2.45) is 5.73 Å². The topological polar surface area (TPSA) is 55.1 Å². The van der Waals surface area contributed by atoms with Crippen molar-refractivity contribution in [1.82, 2.24) is 5.32 Å². The first-order valence-corrected chi connectivity index (χ1v) is 5.75. The second kappa shape index (κ2) is 6.30. The van der Waals surface area contributed by atoms with Crippen molar-refractivity contribution >= 4 is 23.1 Å². The number of hydrogen-bond donors (Lipinski definition) is 2. The first-order chi connectivity index (χ1) is 8.02. The van der Waals surface area contributed by atoms with E-state index in [2.05, 4.69) is 5.32 Å². The highest BCUT2D eigenvalue weighted by Crippen LogP contribution is 2.11. The van der Waals surface area contributed by atoms with Gasteiger partial charge in [-0.3, -0.25) is 4.79 Å². The molecule has 5 heteroatoms. The van der Waals surface area contributed by atoms with E-state index in [9.17, 15) is 9.18 Å². The molecule has 0 aromatic heterocycles. The van der Waals surface area contributed by atoms with Gasteiger partial charge in [-0.25, -0.2) is 4.39 Å². The molecule has 3 nitrogen and oxygen atoms in total. The predicted octanol–water partition coefficient (Wildman–Crippen LogP) is 1.93. The molecule has 0 heterocycles. The van der Waals surface area contributed by atoms with Gasteiger partial charge in [-0.15, -0.1) is 0 Å². The maximum absolute atomic E-state index is 13.6. The second-order valence-electron chi connectivity index (χ2n) is 3.76. The summed E-state index contributed by atoms with van der Waals surface area (Å²) in [5, 5.41) is 2.63. The molecule has 3 N–H and O–H groups in total. The first-order valence-electron chi connectivity index (χ1n) is 5.34. The van der Waals surface area contributed by atoms with Crippen LogP contribution in [0.3, 0.4) is 0 Å². The van der Waals surface area contributed by atoms with Crippen molar-refractivity contribution in [2.75, 3.05) is 6.54 Å². The Balaban J connectivity index is 2.53. The minimum atomic E-state index is -0.473. The predicted molar refractivity (Wildman–Crippen MR) is 69.5 cm³/mol. The van der Waals surface area contributed by atoms with Crippen molar-refractivity contribution < 1.29 is 9.18 Å². The SMILES string of the molecule is Cc1cccc(C(=O)NCCCC(N)=S)c1F. The van der Waals surface area contributed by atoms with Crippen LogP contribution < -0.4 is 11.1 Å². The number of benzene rings is 1. The Morgan fingerprint density at radius 3 is 2.88 bits per heavy atom. The van der Waals surface area contributed by atoms with Gasteiger partial charge in [-0.1, -0.05) is 24.4 Å². The molecule has 0 saturated heterocycles. The van der Waals surface area contributed by atoms with Crippen molar-refractivity contribution in [1.29, 1.82) is 0 Å². The number of aryl methyl sites for hydroxylation is 1. The molecule has 17 heavy (non-hydrogen) atoms. The summed E-state index contributed by atoms with van der Waals surface area (Å²) in [6.45, 7) is 2.06. The summed E-state index contributed by atoms with van der Waals surface area (Å²) in [5.74, 6) is -0.881. The van der Waals surface area contributed by atoms with Gasteiger partial charge < -0.3 is 11.1 Å². The molecule has 0 unspecified atom stereocenters. The van der Waals surface area contributed by atoms with E-state index in [4.69, 9.17) is 18.0 Å². The smallest absolute Gasteiger partial charge is 0.254 e. The molecule has 0 radical (unpaired) electrons. The van der Waals surface area contributed by atoms with Gasteiger partial charge in [0.1, 0.15) is 5.82 Å². The molecule has 92 valence electrons. The van der Waals surface area contributed by atoms with Crippen molar-refractivity contribution in [3.05, 3.63) is 35.1 Å². The Bertz CT molecular complexity index is 435. The monoisotopic (exact) mass is 254 g/mol. The van der Waals surface area contributed by atoms with Crippen molar-refractivity contribution in [3.8, 4) is 0 Å². The lowest BCUT2D eigenvalue weighted by molar-refractivity contribution is 0.0949. The average molecular weight is 254 g/mol. The van der Waals surface area contributed by atoms with Crippen LogP contribution in [-0.4, -0.2) is 17.4 Å². The van der Waals surface area contributed by atoms with Gasteiger partial charge in [0, 0.05) is 6.54 Å². The molecule has 0 atom stereocenters. The Kier molecular flexibility index (Phi) is 5.03. The number of nitrogens with two attached hydrogens (primary N) is 1. The number of amides is 1. The molecule has 0 aliphatic carbocycles. The first kappa shape index (κ1) is 13.6. The molecule has 1 aromatic carbocycles.